The van der Waals surface area contributed by atoms with Gasteiger partial charge in [-0.25, -0.2) is 0 Å². The summed E-state index contributed by atoms with van der Waals surface area (Å²) < 4.78 is 149. The Bertz CT molecular complexity index is 514. The van der Waals surface area contributed by atoms with Gasteiger partial charge in [0.1, 0.15) is 0 Å². The molecule has 0 aromatic heterocycles. The highest BCUT2D eigenvalue weighted by Gasteiger charge is 2.50. The standard InChI is InChI=1S/C9F12I/c10-6(11,12)1-2(7(13,14)15)4(9(19,20)21)5(22)3(1)8(16,17)18/q-1. The molecule has 0 N–H and O–H groups in total. The highest BCUT2D eigenvalue weighted by molar-refractivity contribution is 14.1. The number of hydrogen-bond donors (Lipinski definition) is 0. The molecule has 0 aliphatic heterocycles. The minimum atomic E-state index is -6.28. The van der Waals surface area contributed by atoms with E-state index in [0.29, 0.717) is 0 Å². The van der Waals surface area contributed by atoms with Crippen molar-refractivity contribution >= 4 is 22.6 Å². The van der Waals surface area contributed by atoms with Crippen LogP contribution in [0.2, 0.25) is 0 Å². The van der Waals surface area contributed by atoms with Gasteiger partial charge in [0.25, 0.3) is 0 Å². The lowest BCUT2D eigenvalue weighted by Crippen LogP contribution is -2.21. The maximum Gasteiger partial charge on any atom is 0.395 e. The second-order valence-corrected chi connectivity index (χ2v) is 4.88. The largest absolute Gasteiger partial charge is 0.395 e. The molecule has 0 bridgehead atoms. The van der Waals surface area contributed by atoms with Crippen LogP contribution >= 0.6 is 22.6 Å². The Balaban J connectivity index is 4.11. The highest BCUT2D eigenvalue weighted by atomic mass is 127. The van der Waals surface area contributed by atoms with Gasteiger partial charge in [-0.15, -0.1) is 0 Å². The van der Waals surface area contributed by atoms with Crippen molar-refractivity contribution in [3.63, 3.8) is 0 Å². The van der Waals surface area contributed by atoms with Gasteiger partial charge in [0, 0.05) is 0 Å². The van der Waals surface area contributed by atoms with Crippen LogP contribution in [-0.4, -0.2) is 0 Å². The van der Waals surface area contributed by atoms with Crippen LogP contribution in [0.5, 0.6) is 0 Å². The van der Waals surface area contributed by atoms with Gasteiger partial charge in [-0.2, -0.15) is 52.7 Å². The van der Waals surface area contributed by atoms with Crippen LogP contribution in [0.1, 0.15) is 22.3 Å². The van der Waals surface area contributed by atoms with Crippen LogP contribution in [0.4, 0.5) is 52.7 Å². The summed E-state index contributed by atoms with van der Waals surface area (Å²) in [6.45, 7) is 0. The van der Waals surface area contributed by atoms with Crippen LogP contribution in [0, 0.1) is 3.57 Å². The zero-order valence-electron chi connectivity index (χ0n) is 9.41. The lowest BCUT2D eigenvalue weighted by Gasteiger charge is -2.24. The van der Waals surface area contributed by atoms with E-state index < -0.39 is 50.5 Å². The molecule has 0 aliphatic rings. The van der Waals surface area contributed by atoms with E-state index in [-0.39, 0.29) is 22.6 Å². The van der Waals surface area contributed by atoms with E-state index in [1.54, 1.807) is 0 Å². The highest BCUT2D eigenvalue weighted by Crippen LogP contribution is 2.55. The summed E-state index contributed by atoms with van der Waals surface area (Å²) in [6.07, 6.45) is -24.7. The van der Waals surface area contributed by atoms with Crippen molar-refractivity contribution in [2.45, 2.75) is 24.7 Å². The SMILES string of the molecule is FC(F)(F)c1c(C(F)(F)F)c(C(F)(F)F)[c-](C(F)(F)F)c1I. The second-order valence-electron chi connectivity index (χ2n) is 3.81. The fourth-order valence-electron chi connectivity index (χ4n) is 1.69. The van der Waals surface area contributed by atoms with Gasteiger partial charge in [0.15, 0.2) is 0 Å². The first-order valence-electron chi connectivity index (χ1n) is 4.71. The van der Waals surface area contributed by atoms with Crippen LogP contribution < -0.4 is 0 Å². The monoisotopic (exact) mass is 463 g/mol. The predicted octanol–water partition coefficient (Wildman–Crippen LogP) is 6.09. The number of halogens is 13. The Morgan fingerprint density at radius 3 is 1.18 bits per heavy atom. The fourth-order valence-corrected chi connectivity index (χ4v) is 2.84. The van der Waals surface area contributed by atoms with Crippen molar-refractivity contribution in [1.82, 2.24) is 0 Å². The summed E-state index contributed by atoms with van der Waals surface area (Å²) in [5.74, 6) is 0. The van der Waals surface area contributed by atoms with Crippen molar-refractivity contribution in [3.05, 3.63) is 25.8 Å². The van der Waals surface area contributed by atoms with Gasteiger partial charge in [0.2, 0.25) is 0 Å². The second kappa shape index (κ2) is 5.12. The summed E-state index contributed by atoms with van der Waals surface area (Å²) in [7, 11) is 0. The van der Waals surface area contributed by atoms with Crippen LogP contribution in [0.25, 0.3) is 0 Å². The number of hydrogen-bond acceptors (Lipinski definition) is 0. The molecule has 0 saturated carbocycles. The van der Waals surface area contributed by atoms with Crippen molar-refractivity contribution in [2.24, 2.45) is 0 Å². The van der Waals surface area contributed by atoms with Crippen molar-refractivity contribution < 1.29 is 52.7 Å². The Labute approximate surface area is 126 Å². The first-order valence-corrected chi connectivity index (χ1v) is 5.79. The van der Waals surface area contributed by atoms with Crippen LogP contribution in [0.15, 0.2) is 0 Å². The fraction of sp³-hybridized carbons (Fsp3) is 0.444. The van der Waals surface area contributed by atoms with Crippen LogP contribution in [0.3, 0.4) is 0 Å². The summed E-state index contributed by atoms with van der Waals surface area (Å²) in [6, 6.07) is 0. The van der Waals surface area contributed by atoms with Gasteiger partial charge in [-0.3, -0.25) is 0 Å². The molecule has 22 heavy (non-hydrogen) atoms. The molecular formula is C9F12I-. The summed E-state index contributed by atoms with van der Waals surface area (Å²) in [5, 5.41) is 0. The van der Waals surface area contributed by atoms with Crippen LogP contribution in [-0.2, 0) is 24.7 Å². The summed E-state index contributed by atoms with van der Waals surface area (Å²) in [5.41, 5.74) is -12.8. The minimum absolute atomic E-state index is 0.178. The van der Waals surface area contributed by atoms with E-state index in [1.807, 2.05) is 0 Å². The van der Waals surface area contributed by atoms with E-state index in [9.17, 15) is 52.7 Å². The quantitative estimate of drug-likeness (QED) is 0.249. The van der Waals surface area contributed by atoms with Crippen molar-refractivity contribution in [3.8, 4) is 0 Å². The molecule has 0 unspecified atom stereocenters. The molecule has 0 radical (unpaired) electrons. The topological polar surface area (TPSA) is 0 Å². The van der Waals surface area contributed by atoms with Gasteiger partial charge in [-0.1, -0.05) is 37.3 Å². The molecule has 128 valence electrons. The molecule has 0 spiro atoms. The zero-order chi connectivity index (χ0) is 17.9. The maximum absolute atomic E-state index is 12.6. The Kier molecular flexibility index (Phi) is 4.49. The molecule has 0 fully saturated rings. The molecule has 1 rings (SSSR count). The van der Waals surface area contributed by atoms with E-state index in [0.717, 1.165) is 0 Å². The van der Waals surface area contributed by atoms with E-state index >= 15 is 0 Å². The Morgan fingerprint density at radius 2 is 0.955 bits per heavy atom. The van der Waals surface area contributed by atoms with E-state index in [1.165, 1.54) is 0 Å². The average Bonchev–Trinajstić information content (AvgIpc) is 2.48. The molecule has 0 saturated heterocycles. The molecule has 0 amide bonds. The Morgan fingerprint density at radius 1 is 0.591 bits per heavy atom. The molecule has 13 heteroatoms. The average molecular weight is 463 g/mol. The van der Waals surface area contributed by atoms with Crippen molar-refractivity contribution in [2.75, 3.05) is 0 Å². The number of alkyl halides is 12. The van der Waals surface area contributed by atoms with E-state index in [4.69, 9.17) is 0 Å². The molecule has 0 heterocycles. The third-order valence-electron chi connectivity index (χ3n) is 2.32. The maximum atomic E-state index is 12.6. The van der Waals surface area contributed by atoms with Gasteiger partial charge < -0.3 is 0 Å². The Hall–Kier alpha value is -0.760. The van der Waals surface area contributed by atoms with Crippen molar-refractivity contribution in [1.29, 1.82) is 0 Å². The van der Waals surface area contributed by atoms with Gasteiger partial charge in [-0.05, 0) is 11.1 Å². The number of rotatable bonds is 0. The predicted molar refractivity (Wildman–Crippen MR) is 54.8 cm³/mol. The zero-order valence-corrected chi connectivity index (χ0v) is 11.6. The van der Waals surface area contributed by atoms with Gasteiger partial charge >= 0.3 is 24.7 Å². The first-order chi connectivity index (χ1) is 9.40. The molecule has 0 nitrogen and oxygen atoms in total. The van der Waals surface area contributed by atoms with E-state index in [2.05, 4.69) is 0 Å². The molecule has 1 aromatic rings. The molecular weight excluding hydrogens is 463 g/mol. The molecule has 0 aliphatic carbocycles. The molecule has 1 aromatic carbocycles. The lowest BCUT2D eigenvalue weighted by atomic mass is 10.1. The first kappa shape index (κ1) is 19.3. The third-order valence-corrected chi connectivity index (χ3v) is 3.40. The third kappa shape index (κ3) is 3.42. The summed E-state index contributed by atoms with van der Waals surface area (Å²) in [4.78, 5) is 0. The smallest absolute Gasteiger partial charge is 0.180 e. The normalized spacial score (nSPS) is 14.6. The lowest BCUT2D eigenvalue weighted by molar-refractivity contribution is -0.178. The summed E-state index contributed by atoms with van der Waals surface area (Å²) >= 11 is 0.178. The van der Waals surface area contributed by atoms with Gasteiger partial charge in [0.05, 0.1) is 0 Å². The molecule has 0 atom stereocenters. The minimum Gasteiger partial charge on any atom is -0.180 e.